The molecule has 2 heterocycles. The van der Waals surface area contributed by atoms with Crippen LogP contribution in [0.1, 0.15) is 27.2 Å². The number of aryl methyl sites for hydroxylation is 1. The first kappa shape index (κ1) is 15.9. The molecular formula is C18H18N4O2. The van der Waals surface area contributed by atoms with Crippen LogP contribution in [0.2, 0.25) is 0 Å². The van der Waals surface area contributed by atoms with Crippen LogP contribution in [0.15, 0.2) is 48.8 Å². The van der Waals surface area contributed by atoms with Crippen LogP contribution in [-0.2, 0) is 6.61 Å². The van der Waals surface area contributed by atoms with Gasteiger partial charge in [-0.1, -0.05) is 18.2 Å². The number of carbonyl (C=O) groups is 1. The highest BCUT2D eigenvalue weighted by molar-refractivity contribution is 6.05. The van der Waals surface area contributed by atoms with E-state index in [9.17, 15) is 9.90 Å². The summed E-state index contributed by atoms with van der Waals surface area (Å²) >= 11 is 0. The van der Waals surface area contributed by atoms with E-state index in [1.54, 1.807) is 16.9 Å². The van der Waals surface area contributed by atoms with Gasteiger partial charge in [0.15, 0.2) is 5.82 Å². The van der Waals surface area contributed by atoms with Crippen LogP contribution in [-0.4, -0.2) is 25.8 Å². The van der Waals surface area contributed by atoms with E-state index in [1.165, 1.54) is 6.20 Å². The summed E-state index contributed by atoms with van der Waals surface area (Å²) in [6, 6.07) is 11.0. The minimum Gasteiger partial charge on any atom is -0.392 e. The topological polar surface area (TPSA) is 80.0 Å². The second-order valence-corrected chi connectivity index (χ2v) is 5.50. The van der Waals surface area contributed by atoms with Gasteiger partial charge in [-0.2, -0.15) is 5.10 Å². The number of nitrogens with zero attached hydrogens (tertiary/aromatic N) is 3. The predicted molar refractivity (Wildman–Crippen MR) is 91.2 cm³/mol. The lowest BCUT2D eigenvalue weighted by molar-refractivity contribution is 0.102. The second kappa shape index (κ2) is 6.64. The third kappa shape index (κ3) is 3.04. The summed E-state index contributed by atoms with van der Waals surface area (Å²) in [5.74, 6) is 0.417. The molecule has 2 N–H and O–H groups in total. The van der Waals surface area contributed by atoms with Gasteiger partial charge in [0, 0.05) is 11.9 Å². The number of benzene rings is 1. The Balaban J connectivity index is 1.88. The summed E-state index contributed by atoms with van der Waals surface area (Å²) in [6.07, 6.45) is 3.21. The Hall–Kier alpha value is -2.99. The van der Waals surface area contributed by atoms with E-state index < -0.39 is 0 Å². The first-order valence-corrected chi connectivity index (χ1v) is 7.58. The van der Waals surface area contributed by atoms with Crippen molar-refractivity contribution in [3.05, 3.63) is 71.2 Å². The fraction of sp³-hybridized carbons (Fsp3) is 0.167. The normalized spacial score (nSPS) is 10.6. The van der Waals surface area contributed by atoms with Crippen molar-refractivity contribution in [3.63, 3.8) is 0 Å². The molecule has 3 rings (SSSR count). The van der Waals surface area contributed by atoms with E-state index in [1.807, 2.05) is 44.2 Å². The quantitative estimate of drug-likeness (QED) is 0.774. The lowest BCUT2D eigenvalue weighted by Crippen LogP contribution is -2.14. The molecule has 122 valence electrons. The number of hydrogen-bond donors (Lipinski definition) is 2. The Morgan fingerprint density at radius 3 is 2.79 bits per heavy atom. The minimum atomic E-state index is -0.243. The molecule has 0 bridgehead atoms. The number of hydrogen-bond acceptors (Lipinski definition) is 4. The van der Waals surface area contributed by atoms with Crippen LogP contribution in [0.5, 0.6) is 0 Å². The molecule has 0 fully saturated rings. The highest BCUT2D eigenvalue weighted by atomic mass is 16.3. The summed E-state index contributed by atoms with van der Waals surface area (Å²) < 4.78 is 1.63. The van der Waals surface area contributed by atoms with Gasteiger partial charge in [0.25, 0.3) is 5.91 Å². The summed E-state index contributed by atoms with van der Waals surface area (Å²) in [7, 11) is 0. The number of nitrogens with one attached hydrogen (secondary N) is 1. The van der Waals surface area contributed by atoms with Crippen LogP contribution >= 0.6 is 0 Å². The Morgan fingerprint density at radius 2 is 2.08 bits per heavy atom. The Bertz CT molecular complexity index is 872. The molecule has 0 aliphatic rings. The standard InChI is InChI=1S/C18H18N4O2/c1-12-6-7-14(11-23)9-16(12)21-18(24)15-10-20-22(13(15)2)17-5-3-4-8-19-17/h3-10,23H,11H2,1-2H3,(H,21,24). The summed E-state index contributed by atoms with van der Waals surface area (Å²) in [5, 5.41) is 16.4. The maximum Gasteiger partial charge on any atom is 0.259 e. The zero-order chi connectivity index (χ0) is 17.1. The van der Waals surface area contributed by atoms with Gasteiger partial charge in [-0.25, -0.2) is 9.67 Å². The molecule has 1 aromatic carbocycles. The highest BCUT2D eigenvalue weighted by Gasteiger charge is 2.16. The largest absolute Gasteiger partial charge is 0.392 e. The number of pyridine rings is 1. The molecule has 0 spiro atoms. The number of aliphatic hydroxyl groups excluding tert-OH is 1. The SMILES string of the molecule is Cc1ccc(CO)cc1NC(=O)c1cnn(-c2ccccn2)c1C. The van der Waals surface area contributed by atoms with Crippen molar-refractivity contribution in [2.45, 2.75) is 20.5 Å². The molecule has 0 aliphatic heterocycles. The minimum absolute atomic E-state index is 0.0697. The number of aliphatic hydroxyl groups is 1. The first-order chi connectivity index (χ1) is 11.6. The Labute approximate surface area is 139 Å². The van der Waals surface area contributed by atoms with Crippen LogP contribution in [0, 0.1) is 13.8 Å². The van der Waals surface area contributed by atoms with Crippen LogP contribution in [0.4, 0.5) is 5.69 Å². The van der Waals surface area contributed by atoms with Crippen molar-refractivity contribution in [1.82, 2.24) is 14.8 Å². The molecule has 24 heavy (non-hydrogen) atoms. The van der Waals surface area contributed by atoms with Crippen molar-refractivity contribution in [2.75, 3.05) is 5.32 Å². The van der Waals surface area contributed by atoms with Crippen LogP contribution < -0.4 is 5.32 Å². The van der Waals surface area contributed by atoms with Gasteiger partial charge in [0.05, 0.1) is 24.1 Å². The lowest BCUT2D eigenvalue weighted by Gasteiger charge is -2.10. The molecule has 0 unspecified atom stereocenters. The van der Waals surface area contributed by atoms with Gasteiger partial charge in [0.2, 0.25) is 0 Å². The zero-order valence-corrected chi connectivity index (χ0v) is 13.5. The lowest BCUT2D eigenvalue weighted by atomic mass is 10.1. The van der Waals surface area contributed by atoms with Crippen molar-refractivity contribution in [1.29, 1.82) is 0 Å². The molecule has 1 amide bonds. The smallest absolute Gasteiger partial charge is 0.259 e. The molecule has 0 atom stereocenters. The fourth-order valence-electron chi connectivity index (χ4n) is 2.43. The third-order valence-electron chi connectivity index (χ3n) is 3.85. The van der Waals surface area contributed by atoms with Crippen LogP contribution in [0.3, 0.4) is 0 Å². The summed E-state index contributed by atoms with van der Waals surface area (Å²) in [6.45, 7) is 3.66. The third-order valence-corrected chi connectivity index (χ3v) is 3.85. The molecule has 6 heteroatoms. The van der Waals surface area contributed by atoms with E-state index >= 15 is 0 Å². The van der Waals surface area contributed by atoms with E-state index in [0.717, 1.165) is 11.1 Å². The van der Waals surface area contributed by atoms with Gasteiger partial charge < -0.3 is 10.4 Å². The first-order valence-electron chi connectivity index (χ1n) is 7.58. The Morgan fingerprint density at radius 1 is 1.25 bits per heavy atom. The predicted octanol–water partition coefficient (Wildman–Crippen LogP) is 2.63. The van der Waals surface area contributed by atoms with E-state index in [2.05, 4.69) is 15.4 Å². The molecule has 0 saturated heterocycles. The molecule has 0 saturated carbocycles. The van der Waals surface area contributed by atoms with E-state index in [-0.39, 0.29) is 12.5 Å². The highest BCUT2D eigenvalue weighted by Crippen LogP contribution is 2.19. The number of aromatic nitrogens is 3. The second-order valence-electron chi connectivity index (χ2n) is 5.50. The van der Waals surface area contributed by atoms with Gasteiger partial charge in [-0.05, 0) is 43.2 Å². The average Bonchev–Trinajstić information content (AvgIpc) is 2.99. The fourth-order valence-corrected chi connectivity index (χ4v) is 2.43. The summed E-state index contributed by atoms with van der Waals surface area (Å²) in [5.41, 5.74) is 3.54. The summed E-state index contributed by atoms with van der Waals surface area (Å²) in [4.78, 5) is 16.8. The zero-order valence-electron chi connectivity index (χ0n) is 13.5. The maximum atomic E-state index is 12.6. The molecular weight excluding hydrogens is 304 g/mol. The molecule has 6 nitrogen and oxygen atoms in total. The van der Waals surface area contributed by atoms with E-state index in [0.29, 0.717) is 22.8 Å². The van der Waals surface area contributed by atoms with E-state index in [4.69, 9.17) is 0 Å². The molecule has 0 radical (unpaired) electrons. The van der Waals surface area contributed by atoms with Gasteiger partial charge in [-0.15, -0.1) is 0 Å². The van der Waals surface area contributed by atoms with Gasteiger partial charge in [0.1, 0.15) is 0 Å². The molecule has 0 aliphatic carbocycles. The number of anilines is 1. The Kier molecular flexibility index (Phi) is 4.39. The van der Waals surface area contributed by atoms with Crippen LogP contribution in [0.25, 0.3) is 5.82 Å². The number of carbonyl (C=O) groups excluding carboxylic acids is 1. The van der Waals surface area contributed by atoms with Gasteiger partial charge in [-0.3, -0.25) is 4.79 Å². The van der Waals surface area contributed by atoms with Crippen molar-refractivity contribution < 1.29 is 9.90 Å². The van der Waals surface area contributed by atoms with Gasteiger partial charge >= 0.3 is 0 Å². The number of rotatable bonds is 4. The van der Waals surface area contributed by atoms with Crippen molar-refractivity contribution >= 4 is 11.6 Å². The molecule has 3 aromatic rings. The van der Waals surface area contributed by atoms with Crippen molar-refractivity contribution in [3.8, 4) is 5.82 Å². The monoisotopic (exact) mass is 322 g/mol. The number of amides is 1. The maximum absolute atomic E-state index is 12.6. The average molecular weight is 322 g/mol. The molecule has 2 aromatic heterocycles. The van der Waals surface area contributed by atoms with Crippen molar-refractivity contribution in [2.24, 2.45) is 0 Å².